The monoisotopic (exact) mass is 298 g/mol. The summed E-state index contributed by atoms with van der Waals surface area (Å²) in [6.07, 6.45) is 1.19. The maximum atomic E-state index is 11.6. The predicted molar refractivity (Wildman–Crippen MR) is 77.0 cm³/mol. The Morgan fingerprint density at radius 2 is 2.29 bits per heavy atom. The molecule has 0 bridgehead atoms. The van der Waals surface area contributed by atoms with Gasteiger partial charge >= 0.3 is 5.82 Å². The second-order valence-electron chi connectivity index (χ2n) is 5.00. The molecule has 1 heterocycles. The molecule has 0 radical (unpaired) electrons. The molecule has 0 unspecified atom stereocenters. The zero-order chi connectivity index (χ0) is 15.8. The topological polar surface area (TPSA) is 99.3 Å². The molecule has 1 rings (SSSR count). The van der Waals surface area contributed by atoms with Crippen LogP contribution in [0.2, 0.25) is 0 Å². The van der Waals surface area contributed by atoms with Crippen LogP contribution < -0.4 is 5.32 Å². The first-order valence-corrected chi connectivity index (χ1v) is 6.97. The molecule has 8 nitrogen and oxygen atoms in total. The van der Waals surface area contributed by atoms with Gasteiger partial charge in [-0.3, -0.25) is 4.79 Å². The summed E-state index contributed by atoms with van der Waals surface area (Å²) < 4.78 is 6.84. The fourth-order valence-electron chi connectivity index (χ4n) is 1.72. The number of aryl methyl sites for hydroxylation is 2. The first-order chi connectivity index (χ1) is 9.90. The molecule has 1 aromatic heterocycles. The lowest BCUT2D eigenvalue weighted by Gasteiger charge is -2.08. The molecular formula is C13H22N4O4. The molecule has 21 heavy (non-hydrogen) atoms. The van der Waals surface area contributed by atoms with Crippen molar-refractivity contribution in [3.8, 4) is 0 Å². The molecule has 8 heteroatoms. The van der Waals surface area contributed by atoms with Crippen LogP contribution in [0.4, 0.5) is 5.82 Å². The van der Waals surface area contributed by atoms with Crippen molar-refractivity contribution in [2.75, 3.05) is 13.2 Å². The van der Waals surface area contributed by atoms with E-state index in [2.05, 4.69) is 10.4 Å². The average molecular weight is 298 g/mol. The highest BCUT2D eigenvalue weighted by atomic mass is 16.6. The largest absolute Gasteiger partial charge is 0.390 e. The summed E-state index contributed by atoms with van der Waals surface area (Å²) in [5.74, 6) is -0.296. The maximum Gasteiger partial charge on any atom is 0.390 e. The lowest BCUT2D eigenvalue weighted by molar-refractivity contribution is -0.389. The first-order valence-electron chi connectivity index (χ1n) is 6.97. The van der Waals surface area contributed by atoms with Crippen molar-refractivity contribution in [2.45, 2.75) is 46.3 Å². The van der Waals surface area contributed by atoms with Crippen LogP contribution in [0.25, 0.3) is 0 Å². The van der Waals surface area contributed by atoms with Gasteiger partial charge in [0.05, 0.1) is 29.5 Å². The number of carbonyl (C=O) groups is 1. The zero-order valence-electron chi connectivity index (χ0n) is 12.7. The molecule has 0 spiro atoms. The quantitative estimate of drug-likeness (QED) is 0.422. The molecule has 1 amide bonds. The van der Waals surface area contributed by atoms with Gasteiger partial charge in [-0.25, -0.2) is 0 Å². The molecule has 0 aliphatic rings. The van der Waals surface area contributed by atoms with Crippen molar-refractivity contribution >= 4 is 11.7 Å². The Hall–Kier alpha value is -1.96. The third kappa shape index (κ3) is 6.35. The van der Waals surface area contributed by atoms with Crippen LogP contribution in [-0.2, 0) is 16.1 Å². The summed E-state index contributed by atoms with van der Waals surface area (Å²) in [4.78, 5) is 21.7. The van der Waals surface area contributed by atoms with E-state index in [4.69, 9.17) is 4.74 Å². The van der Waals surface area contributed by atoms with E-state index in [1.165, 1.54) is 10.7 Å². The third-order valence-electron chi connectivity index (χ3n) is 2.80. The fraction of sp³-hybridized carbons (Fsp3) is 0.692. The zero-order valence-corrected chi connectivity index (χ0v) is 12.7. The molecule has 0 atom stereocenters. The fourth-order valence-corrected chi connectivity index (χ4v) is 1.72. The van der Waals surface area contributed by atoms with Crippen LogP contribution in [0.5, 0.6) is 0 Å². The average Bonchev–Trinajstić information content (AvgIpc) is 2.77. The molecule has 0 saturated heterocycles. The normalized spacial score (nSPS) is 10.9. The van der Waals surface area contributed by atoms with Crippen molar-refractivity contribution < 1.29 is 14.5 Å². The Bertz CT molecular complexity index is 485. The Balaban J connectivity index is 2.25. The minimum absolute atomic E-state index is 0.0999. The second-order valence-corrected chi connectivity index (χ2v) is 5.00. The van der Waals surface area contributed by atoms with Crippen molar-refractivity contribution in [1.82, 2.24) is 15.1 Å². The molecule has 0 aliphatic carbocycles. The van der Waals surface area contributed by atoms with Gasteiger partial charge in [0.2, 0.25) is 5.91 Å². The summed E-state index contributed by atoms with van der Waals surface area (Å²) in [7, 11) is 0. The number of carbonyl (C=O) groups excluding carboxylic acids is 1. The number of nitrogens with zero attached hydrogens (tertiary/aromatic N) is 3. The Kier molecular flexibility index (Phi) is 6.80. The number of hydrogen-bond acceptors (Lipinski definition) is 5. The molecule has 0 saturated carbocycles. The minimum Gasteiger partial charge on any atom is -0.379 e. The van der Waals surface area contributed by atoms with Crippen LogP contribution in [0.3, 0.4) is 0 Å². The van der Waals surface area contributed by atoms with Gasteiger partial charge in [0.25, 0.3) is 0 Å². The van der Waals surface area contributed by atoms with E-state index in [1.54, 1.807) is 6.92 Å². The van der Waals surface area contributed by atoms with Crippen molar-refractivity contribution in [1.29, 1.82) is 0 Å². The summed E-state index contributed by atoms with van der Waals surface area (Å²) in [6.45, 7) is 7.15. The van der Waals surface area contributed by atoms with Crippen LogP contribution in [0.1, 0.15) is 32.4 Å². The lowest BCUT2D eigenvalue weighted by atomic mass is 10.3. The van der Waals surface area contributed by atoms with Crippen LogP contribution >= 0.6 is 0 Å². The van der Waals surface area contributed by atoms with Gasteiger partial charge in [-0.2, -0.15) is 4.68 Å². The summed E-state index contributed by atoms with van der Waals surface area (Å²) in [5, 5.41) is 17.2. The first kappa shape index (κ1) is 17.1. The minimum atomic E-state index is -0.543. The Labute approximate surface area is 123 Å². The highest BCUT2D eigenvalue weighted by molar-refractivity contribution is 5.75. The highest BCUT2D eigenvalue weighted by Gasteiger charge is 2.15. The molecule has 1 N–H and O–H groups in total. The molecule has 0 aromatic carbocycles. The molecule has 1 aromatic rings. The van der Waals surface area contributed by atoms with Gasteiger partial charge < -0.3 is 20.2 Å². The number of nitro groups is 1. The SMILES string of the molecule is Cc1cc([N+](=O)[O-])nn1CCC(=O)NCCCOC(C)C. The van der Waals surface area contributed by atoms with E-state index < -0.39 is 4.92 Å². The third-order valence-corrected chi connectivity index (χ3v) is 2.80. The summed E-state index contributed by atoms with van der Waals surface area (Å²) >= 11 is 0. The van der Waals surface area contributed by atoms with Gasteiger partial charge in [-0.05, 0) is 32.1 Å². The van der Waals surface area contributed by atoms with Crippen LogP contribution in [0.15, 0.2) is 6.07 Å². The number of nitrogens with one attached hydrogen (secondary N) is 1. The number of aromatic nitrogens is 2. The molecule has 118 valence electrons. The highest BCUT2D eigenvalue weighted by Crippen LogP contribution is 2.11. The van der Waals surface area contributed by atoms with Gasteiger partial charge in [0.1, 0.15) is 0 Å². The Morgan fingerprint density at radius 1 is 1.57 bits per heavy atom. The molecule has 0 aliphatic heterocycles. The standard InChI is InChI=1S/C13H22N4O4/c1-10(2)21-8-4-6-14-13(18)5-7-16-11(3)9-12(15-16)17(19)20/h9-10H,4-8H2,1-3H3,(H,14,18). The number of amides is 1. The smallest absolute Gasteiger partial charge is 0.379 e. The van der Waals surface area contributed by atoms with E-state index in [1.807, 2.05) is 13.8 Å². The summed E-state index contributed by atoms with van der Waals surface area (Å²) in [6, 6.07) is 1.39. The van der Waals surface area contributed by atoms with Crippen molar-refractivity contribution in [2.24, 2.45) is 0 Å². The summed E-state index contributed by atoms with van der Waals surface area (Å²) in [5.41, 5.74) is 0.667. The Morgan fingerprint density at radius 3 is 2.86 bits per heavy atom. The van der Waals surface area contributed by atoms with Gasteiger partial charge in [-0.15, -0.1) is 0 Å². The van der Waals surface area contributed by atoms with Gasteiger partial charge in [0, 0.05) is 19.6 Å². The van der Waals surface area contributed by atoms with Crippen molar-refractivity contribution in [3.63, 3.8) is 0 Å². The van der Waals surface area contributed by atoms with E-state index >= 15 is 0 Å². The van der Waals surface area contributed by atoms with E-state index in [-0.39, 0.29) is 24.2 Å². The van der Waals surface area contributed by atoms with Crippen LogP contribution in [0, 0.1) is 17.0 Å². The second kappa shape index (κ2) is 8.35. The van der Waals surface area contributed by atoms with Crippen LogP contribution in [-0.4, -0.2) is 39.9 Å². The number of hydrogen-bond donors (Lipinski definition) is 1. The van der Waals surface area contributed by atoms with E-state index in [0.29, 0.717) is 25.4 Å². The van der Waals surface area contributed by atoms with Gasteiger partial charge in [0.15, 0.2) is 0 Å². The predicted octanol–water partition coefficient (Wildman–Crippen LogP) is 1.42. The van der Waals surface area contributed by atoms with E-state index in [9.17, 15) is 14.9 Å². The number of rotatable bonds is 9. The van der Waals surface area contributed by atoms with Gasteiger partial charge in [-0.1, -0.05) is 0 Å². The maximum absolute atomic E-state index is 11.6. The molecule has 0 fully saturated rings. The van der Waals surface area contributed by atoms with E-state index in [0.717, 1.165) is 6.42 Å². The van der Waals surface area contributed by atoms with Crippen molar-refractivity contribution in [3.05, 3.63) is 21.9 Å². The lowest BCUT2D eigenvalue weighted by Crippen LogP contribution is -2.26. The number of ether oxygens (including phenoxy) is 1. The molecular weight excluding hydrogens is 276 g/mol.